The van der Waals surface area contributed by atoms with E-state index in [1.807, 2.05) is 0 Å². The van der Waals surface area contributed by atoms with Crippen LogP contribution in [0.4, 0.5) is 24.9 Å². The van der Waals surface area contributed by atoms with E-state index < -0.39 is 33.4 Å². The van der Waals surface area contributed by atoms with Crippen LogP contribution in [0.2, 0.25) is 0 Å². The molecular weight excluding hydrogens is 485 g/mol. The quantitative estimate of drug-likeness (QED) is 0.632. The Balaban J connectivity index is 1.88. The molecule has 0 amide bonds. The SMILES string of the molecule is CC(Cl)=C[C@H]1CN(S(=O)(=O)c2ccc(N)nc2)CCN1c1ncc([C@@](C)(O)C(F)(F)F)cn1. The molecule has 2 aromatic rings. The fourth-order valence-electron chi connectivity index (χ4n) is 3.24. The minimum absolute atomic E-state index is 0.0118. The Morgan fingerprint density at radius 3 is 2.36 bits per heavy atom. The van der Waals surface area contributed by atoms with Crippen molar-refractivity contribution >= 4 is 33.4 Å². The number of aromatic nitrogens is 3. The maximum atomic E-state index is 13.1. The lowest BCUT2D eigenvalue weighted by molar-refractivity contribution is -0.259. The number of hydrogen-bond donors (Lipinski definition) is 2. The molecule has 3 N–H and O–H groups in total. The van der Waals surface area contributed by atoms with E-state index >= 15 is 0 Å². The zero-order valence-corrected chi connectivity index (χ0v) is 19.2. The molecular formula is C19H22ClF3N6O3S. The molecule has 180 valence electrons. The van der Waals surface area contributed by atoms with E-state index in [-0.39, 0.29) is 36.3 Å². The van der Waals surface area contributed by atoms with Gasteiger partial charge >= 0.3 is 6.18 Å². The average molecular weight is 507 g/mol. The largest absolute Gasteiger partial charge is 0.421 e. The van der Waals surface area contributed by atoms with Crippen molar-refractivity contribution in [2.75, 3.05) is 30.3 Å². The molecule has 2 atom stereocenters. The van der Waals surface area contributed by atoms with E-state index in [2.05, 4.69) is 15.0 Å². The smallest absolute Gasteiger partial charge is 0.384 e. The van der Waals surface area contributed by atoms with Crippen molar-refractivity contribution in [1.82, 2.24) is 19.3 Å². The Kier molecular flexibility index (Phi) is 6.89. The summed E-state index contributed by atoms with van der Waals surface area (Å²) in [6.45, 7) is 2.42. The zero-order chi connectivity index (χ0) is 24.6. The summed E-state index contributed by atoms with van der Waals surface area (Å²) >= 11 is 6.04. The van der Waals surface area contributed by atoms with Gasteiger partial charge in [-0.05, 0) is 32.1 Å². The molecule has 0 aromatic carbocycles. The summed E-state index contributed by atoms with van der Waals surface area (Å²) in [7, 11) is -3.88. The molecule has 3 rings (SSSR count). The molecule has 1 aliphatic heterocycles. The lowest BCUT2D eigenvalue weighted by atomic mass is 9.99. The van der Waals surface area contributed by atoms with E-state index in [0.29, 0.717) is 12.0 Å². The number of nitrogens with two attached hydrogens (primary N) is 1. The number of aliphatic hydroxyl groups is 1. The number of nitrogen functional groups attached to an aromatic ring is 1. The van der Waals surface area contributed by atoms with Crippen LogP contribution in [-0.2, 0) is 15.6 Å². The topological polar surface area (TPSA) is 126 Å². The van der Waals surface area contributed by atoms with Gasteiger partial charge in [-0.1, -0.05) is 11.6 Å². The number of halogens is 4. The van der Waals surface area contributed by atoms with Gasteiger partial charge in [-0.25, -0.2) is 23.4 Å². The highest BCUT2D eigenvalue weighted by Gasteiger charge is 2.51. The minimum atomic E-state index is -4.91. The number of alkyl halides is 3. The van der Waals surface area contributed by atoms with Gasteiger partial charge in [0, 0.05) is 48.8 Å². The third kappa shape index (κ3) is 5.21. The summed E-state index contributed by atoms with van der Waals surface area (Å²) in [5.74, 6) is 0.254. The highest BCUT2D eigenvalue weighted by Crippen LogP contribution is 2.38. The first-order chi connectivity index (χ1) is 15.2. The number of anilines is 2. The van der Waals surface area contributed by atoms with Gasteiger partial charge in [0.25, 0.3) is 0 Å². The predicted octanol–water partition coefficient (Wildman–Crippen LogP) is 2.25. The van der Waals surface area contributed by atoms with Gasteiger partial charge in [0.1, 0.15) is 10.7 Å². The Bertz CT molecular complexity index is 1120. The molecule has 0 radical (unpaired) electrons. The first-order valence-corrected chi connectivity index (χ1v) is 11.5. The third-order valence-corrected chi connectivity index (χ3v) is 7.18. The Labute approximate surface area is 193 Å². The Morgan fingerprint density at radius 1 is 1.21 bits per heavy atom. The van der Waals surface area contributed by atoms with Crippen molar-refractivity contribution in [3.05, 3.63) is 47.4 Å². The molecule has 0 aliphatic carbocycles. The summed E-state index contributed by atoms with van der Waals surface area (Å²) in [6, 6.07) is 2.15. The second-order valence-corrected chi connectivity index (χ2v) is 10.2. The predicted molar refractivity (Wildman–Crippen MR) is 116 cm³/mol. The first-order valence-electron chi connectivity index (χ1n) is 9.67. The van der Waals surface area contributed by atoms with Gasteiger partial charge in [0.05, 0.1) is 6.04 Å². The number of sulfonamides is 1. The van der Waals surface area contributed by atoms with E-state index in [1.165, 1.54) is 22.6 Å². The fraction of sp³-hybridized carbons (Fsp3) is 0.421. The molecule has 2 aromatic heterocycles. The minimum Gasteiger partial charge on any atom is -0.384 e. The lowest BCUT2D eigenvalue weighted by Crippen LogP contribution is -2.54. The van der Waals surface area contributed by atoms with Crippen molar-refractivity contribution in [3.63, 3.8) is 0 Å². The normalized spacial score (nSPS) is 20.5. The molecule has 1 saturated heterocycles. The van der Waals surface area contributed by atoms with Crippen LogP contribution < -0.4 is 10.6 Å². The Morgan fingerprint density at radius 2 is 1.85 bits per heavy atom. The summed E-state index contributed by atoms with van der Waals surface area (Å²) < 4.78 is 66.6. The van der Waals surface area contributed by atoms with Crippen LogP contribution in [0, 0.1) is 0 Å². The fourth-order valence-corrected chi connectivity index (χ4v) is 4.78. The number of piperazine rings is 1. The molecule has 0 saturated carbocycles. The van der Waals surface area contributed by atoms with E-state index in [9.17, 15) is 26.7 Å². The molecule has 14 heteroatoms. The third-order valence-electron chi connectivity index (χ3n) is 5.21. The van der Waals surface area contributed by atoms with Crippen LogP contribution in [0.1, 0.15) is 19.4 Å². The van der Waals surface area contributed by atoms with Crippen LogP contribution in [0.5, 0.6) is 0 Å². The lowest BCUT2D eigenvalue weighted by Gasteiger charge is -2.39. The molecule has 0 unspecified atom stereocenters. The number of hydrogen-bond acceptors (Lipinski definition) is 8. The molecule has 0 spiro atoms. The van der Waals surface area contributed by atoms with Gasteiger partial charge < -0.3 is 15.7 Å². The molecule has 0 bridgehead atoms. The van der Waals surface area contributed by atoms with Gasteiger partial charge in [0.2, 0.25) is 16.0 Å². The zero-order valence-electron chi connectivity index (χ0n) is 17.7. The van der Waals surface area contributed by atoms with E-state index in [0.717, 1.165) is 12.4 Å². The number of nitrogens with zero attached hydrogens (tertiary/aromatic N) is 5. The highest BCUT2D eigenvalue weighted by atomic mass is 35.5. The molecule has 1 aliphatic rings. The van der Waals surface area contributed by atoms with Gasteiger partial charge in [0.15, 0.2) is 5.60 Å². The highest BCUT2D eigenvalue weighted by molar-refractivity contribution is 7.89. The van der Waals surface area contributed by atoms with Crippen molar-refractivity contribution < 1.29 is 26.7 Å². The van der Waals surface area contributed by atoms with Crippen molar-refractivity contribution in [1.29, 1.82) is 0 Å². The van der Waals surface area contributed by atoms with Gasteiger partial charge in [-0.15, -0.1) is 0 Å². The molecule has 1 fully saturated rings. The molecule has 3 heterocycles. The van der Waals surface area contributed by atoms with Crippen LogP contribution in [0.3, 0.4) is 0 Å². The summed E-state index contributed by atoms with van der Waals surface area (Å²) in [6.07, 6.45) is -0.340. The number of pyridine rings is 1. The van der Waals surface area contributed by atoms with E-state index in [4.69, 9.17) is 17.3 Å². The number of allylic oxidation sites excluding steroid dienone is 1. The van der Waals surface area contributed by atoms with Crippen molar-refractivity contribution in [2.45, 2.75) is 36.6 Å². The maximum absolute atomic E-state index is 13.1. The van der Waals surface area contributed by atoms with Crippen molar-refractivity contribution in [2.24, 2.45) is 0 Å². The Hall–Kier alpha value is -2.48. The van der Waals surface area contributed by atoms with E-state index in [1.54, 1.807) is 17.9 Å². The van der Waals surface area contributed by atoms with Crippen LogP contribution >= 0.6 is 11.6 Å². The molecule has 33 heavy (non-hydrogen) atoms. The van der Waals surface area contributed by atoms with Crippen LogP contribution in [0.15, 0.2) is 46.7 Å². The standard InChI is InChI=1S/C19H22ClF3N6O3S/c1-12(20)7-14-11-28(33(31,32)15-3-4-16(24)25-10-15)5-6-29(14)17-26-8-13(9-27-17)18(2,30)19(21,22)23/h3-4,7-10,14,30H,5-6,11H2,1-2H3,(H2,24,25)/t14-,18+/m0/s1. The second-order valence-electron chi connectivity index (χ2n) is 7.64. The van der Waals surface area contributed by atoms with Crippen LogP contribution in [0.25, 0.3) is 0 Å². The second kappa shape index (κ2) is 9.05. The maximum Gasteiger partial charge on any atom is 0.421 e. The summed E-state index contributed by atoms with van der Waals surface area (Å²) in [5.41, 5.74) is 1.90. The average Bonchev–Trinajstić information content (AvgIpc) is 2.73. The van der Waals surface area contributed by atoms with Crippen molar-refractivity contribution in [3.8, 4) is 0 Å². The first kappa shape index (κ1) is 25.1. The summed E-state index contributed by atoms with van der Waals surface area (Å²) in [4.78, 5) is 13.4. The number of rotatable bonds is 5. The van der Waals surface area contributed by atoms with Crippen LogP contribution in [-0.4, -0.2) is 64.6 Å². The monoisotopic (exact) mass is 506 g/mol. The van der Waals surface area contributed by atoms with Gasteiger partial charge in [-0.2, -0.15) is 17.5 Å². The molecule has 9 nitrogen and oxygen atoms in total. The summed E-state index contributed by atoms with van der Waals surface area (Å²) in [5, 5.41) is 10.2. The van der Waals surface area contributed by atoms with Gasteiger partial charge in [-0.3, -0.25) is 0 Å².